The van der Waals surface area contributed by atoms with Crippen molar-refractivity contribution in [2.24, 2.45) is 0 Å². The van der Waals surface area contributed by atoms with E-state index >= 15 is 0 Å². The zero-order chi connectivity index (χ0) is 20.4. The van der Waals surface area contributed by atoms with Gasteiger partial charge >= 0.3 is 0 Å². The minimum atomic E-state index is -0.507. The van der Waals surface area contributed by atoms with Gasteiger partial charge in [-0.15, -0.1) is 10.2 Å². The maximum atomic E-state index is 12.4. The zero-order valence-corrected chi connectivity index (χ0v) is 16.9. The number of ether oxygens (including phenoxy) is 1. The second-order valence-corrected chi connectivity index (χ2v) is 8.00. The van der Waals surface area contributed by atoms with Crippen molar-refractivity contribution >= 4 is 35.0 Å². The van der Waals surface area contributed by atoms with Crippen molar-refractivity contribution in [1.29, 1.82) is 0 Å². The smallest absolute Gasteiger partial charge is 0.273 e. The number of carbonyl (C=O) groups excluding carboxylic acids is 1. The van der Waals surface area contributed by atoms with Crippen molar-refractivity contribution in [3.8, 4) is 5.75 Å². The van der Waals surface area contributed by atoms with E-state index in [1.807, 2.05) is 0 Å². The van der Waals surface area contributed by atoms with Gasteiger partial charge in [0, 0.05) is 25.2 Å². The molecule has 0 radical (unpaired) electrons. The molecule has 1 N–H and O–H groups in total. The van der Waals surface area contributed by atoms with Crippen LogP contribution in [-0.4, -0.2) is 51.5 Å². The van der Waals surface area contributed by atoms with Crippen LogP contribution in [0.15, 0.2) is 23.4 Å². The molecule has 2 aliphatic rings. The summed E-state index contributed by atoms with van der Waals surface area (Å²) in [5.74, 6) is 1.07. The number of nitro benzene ring substituents is 1. The zero-order valence-electron chi connectivity index (χ0n) is 16.0. The fourth-order valence-corrected chi connectivity index (χ4v) is 4.17. The first kappa shape index (κ1) is 19.5. The number of methoxy groups -OCH3 is 1. The molecular formula is C18H22N6O4S. The van der Waals surface area contributed by atoms with Crippen LogP contribution < -0.4 is 15.0 Å². The fourth-order valence-electron chi connectivity index (χ4n) is 3.37. The lowest BCUT2D eigenvalue weighted by Crippen LogP contribution is -2.22. The van der Waals surface area contributed by atoms with Gasteiger partial charge in [0.1, 0.15) is 5.75 Å². The number of nitrogens with zero attached hydrogens (tertiary/aromatic N) is 5. The number of hydrogen-bond acceptors (Lipinski definition) is 8. The highest BCUT2D eigenvalue weighted by Gasteiger charge is 2.32. The summed E-state index contributed by atoms with van der Waals surface area (Å²) >= 11 is 1.35. The molecule has 1 saturated carbocycles. The highest BCUT2D eigenvalue weighted by molar-refractivity contribution is 7.99. The highest BCUT2D eigenvalue weighted by atomic mass is 32.2. The van der Waals surface area contributed by atoms with Crippen molar-refractivity contribution in [3.05, 3.63) is 28.3 Å². The first-order valence-electron chi connectivity index (χ1n) is 9.51. The summed E-state index contributed by atoms with van der Waals surface area (Å²) in [5, 5.41) is 23.1. The summed E-state index contributed by atoms with van der Waals surface area (Å²) in [4.78, 5) is 25.1. The molecule has 4 rings (SSSR count). The number of thioether (sulfide) groups is 1. The minimum Gasteiger partial charge on any atom is -0.494 e. The van der Waals surface area contributed by atoms with Crippen LogP contribution >= 0.6 is 11.8 Å². The third-order valence-corrected chi connectivity index (χ3v) is 5.89. The molecule has 10 nitrogen and oxygen atoms in total. The van der Waals surface area contributed by atoms with Crippen LogP contribution in [0.5, 0.6) is 5.75 Å². The van der Waals surface area contributed by atoms with Gasteiger partial charge in [-0.2, -0.15) is 0 Å². The molecule has 29 heavy (non-hydrogen) atoms. The number of aromatic nitrogens is 3. The van der Waals surface area contributed by atoms with Crippen molar-refractivity contribution in [2.75, 3.05) is 36.2 Å². The Morgan fingerprint density at radius 2 is 2.10 bits per heavy atom. The maximum Gasteiger partial charge on any atom is 0.273 e. The summed E-state index contributed by atoms with van der Waals surface area (Å²) in [5.41, 5.74) is 0.298. The number of carbonyl (C=O) groups is 1. The number of nitro groups is 1. The Morgan fingerprint density at radius 1 is 1.34 bits per heavy atom. The first-order valence-corrected chi connectivity index (χ1v) is 10.5. The molecule has 11 heteroatoms. The van der Waals surface area contributed by atoms with Gasteiger partial charge in [-0.1, -0.05) is 11.8 Å². The van der Waals surface area contributed by atoms with Crippen LogP contribution in [0.2, 0.25) is 0 Å². The number of nitrogens with one attached hydrogen (secondary N) is 1. The third kappa shape index (κ3) is 4.29. The molecule has 154 valence electrons. The number of anilines is 2. The second kappa shape index (κ2) is 8.27. The van der Waals surface area contributed by atoms with Crippen LogP contribution in [0.1, 0.15) is 31.7 Å². The van der Waals surface area contributed by atoms with E-state index in [0.29, 0.717) is 11.7 Å². The molecule has 1 saturated heterocycles. The SMILES string of the molecule is COc1cc([N+](=O)[O-])ccc1NC(=O)CSc1nnc(N2CCCC2)n1C1CC1. The van der Waals surface area contributed by atoms with E-state index in [1.165, 1.54) is 49.9 Å². The molecule has 0 bridgehead atoms. The normalized spacial score (nSPS) is 16.1. The van der Waals surface area contributed by atoms with Gasteiger partial charge in [0.15, 0.2) is 5.16 Å². The highest BCUT2D eigenvalue weighted by Crippen LogP contribution is 2.41. The monoisotopic (exact) mass is 418 g/mol. The van der Waals surface area contributed by atoms with Crippen molar-refractivity contribution in [2.45, 2.75) is 36.9 Å². The molecule has 1 aromatic carbocycles. The Morgan fingerprint density at radius 3 is 2.76 bits per heavy atom. The molecule has 0 unspecified atom stereocenters. The third-order valence-electron chi connectivity index (χ3n) is 4.95. The molecule has 0 spiro atoms. The first-order chi connectivity index (χ1) is 14.1. The molecule has 1 aliphatic carbocycles. The average Bonchev–Trinajstić information content (AvgIpc) is 3.24. The van der Waals surface area contributed by atoms with Gasteiger partial charge in [-0.3, -0.25) is 19.5 Å². The average molecular weight is 418 g/mol. The molecule has 1 amide bonds. The standard InChI is InChI=1S/C18H22N6O4S/c1-28-15-10-13(24(26)27)6-7-14(15)19-16(25)11-29-18-21-20-17(22-8-2-3-9-22)23(18)12-4-5-12/h6-7,10,12H,2-5,8-9,11H2,1H3,(H,19,25). The van der Waals surface area contributed by atoms with E-state index in [1.54, 1.807) is 0 Å². The van der Waals surface area contributed by atoms with E-state index in [0.717, 1.165) is 37.0 Å². The van der Waals surface area contributed by atoms with Crippen LogP contribution in [0.25, 0.3) is 0 Å². The Kier molecular flexibility index (Phi) is 5.56. The molecule has 1 aromatic heterocycles. The van der Waals surface area contributed by atoms with E-state index in [-0.39, 0.29) is 23.1 Å². The van der Waals surface area contributed by atoms with Crippen LogP contribution in [0.3, 0.4) is 0 Å². The van der Waals surface area contributed by atoms with Crippen molar-refractivity contribution in [3.63, 3.8) is 0 Å². The second-order valence-electron chi connectivity index (χ2n) is 7.06. The van der Waals surface area contributed by atoms with Gasteiger partial charge in [-0.05, 0) is 31.7 Å². The molecule has 1 aliphatic heterocycles. The lowest BCUT2D eigenvalue weighted by atomic mass is 10.2. The Balaban J connectivity index is 1.42. The summed E-state index contributed by atoms with van der Waals surface area (Å²) in [7, 11) is 1.40. The number of hydrogen-bond donors (Lipinski definition) is 1. The summed E-state index contributed by atoms with van der Waals surface area (Å²) < 4.78 is 7.32. The van der Waals surface area contributed by atoms with Crippen molar-refractivity contribution in [1.82, 2.24) is 14.8 Å². The van der Waals surface area contributed by atoms with Crippen LogP contribution in [0, 0.1) is 10.1 Å². The molecule has 2 fully saturated rings. The van der Waals surface area contributed by atoms with E-state index in [2.05, 4.69) is 25.0 Å². The minimum absolute atomic E-state index is 0.0961. The molecule has 0 atom stereocenters. The maximum absolute atomic E-state index is 12.4. The number of amides is 1. The van der Waals surface area contributed by atoms with Gasteiger partial charge in [0.2, 0.25) is 11.9 Å². The van der Waals surface area contributed by atoms with Crippen LogP contribution in [-0.2, 0) is 4.79 Å². The quantitative estimate of drug-likeness (QED) is 0.395. The van der Waals surface area contributed by atoms with E-state index in [9.17, 15) is 14.9 Å². The number of rotatable bonds is 8. The fraction of sp³-hybridized carbons (Fsp3) is 0.500. The largest absolute Gasteiger partial charge is 0.494 e. The predicted octanol–water partition coefficient (Wildman–Crippen LogP) is 2.86. The summed E-state index contributed by atoms with van der Waals surface area (Å²) in [6.07, 6.45) is 4.55. The Bertz CT molecular complexity index is 923. The van der Waals surface area contributed by atoms with Gasteiger partial charge in [0.05, 0.1) is 29.5 Å². The predicted molar refractivity (Wildman–Crippen MR) is 109 cm³/mol. The van der Waals surface area contributed by atoms with Gasteiger partial charge in [0.25, 0.3) is 5.69 Å². The molecule has 2 aromatic rings. The van der Waals surface area contributed by atoms with Gasteiger partial charge < -0.3 is 15.0 Å². The Hall–Kier alpha value is -2.82. The van der Waals surface area contributed by atoms with E-state index in [4.69, 9.17) is 4.74 Å². The molecule has 2 heterocycles. The lowest BCUT2D eigenvalue weighted by Gasteiger charge is -2.17. The Labute approximate surface area is 171 Å². The van der Waals surface area contributed by atoms with Crippen molar-refractivity contribution < 1.29 is 14.5 Å². The summed E-state index contributed by atoms with van der Waals surface area (Å²) in [6, 6.07) is 4.50. The molecular weight excluding hydrogens is 396 g/mol. The summed E-state index contributed by atoms with van der Waals surface area (Å²) in [6.45, 7) is 1.99. The number of non-ortho nitro benzene ring substituents is 1. The number of benzene rings is 1. The van der Waals surface area contributed by atoms with E-state index < -0.39 is 4.92 Å². The van der Waals surface area contributed by atoms with Crippen LogP contribution in [0.4, 0.5) is 17.3 Å². The topological polar surface area (TPSA) is 115 Å². The lowest BCUT2D eigenvalue weighted by molar-refractivity contribution is -0.384. The van der Waals surface area contributed by atoms with Gasteiger partial charge in [-0.25, -0.2) is 0 Å².